The number of aliphatic imine (C=N–C) groups is 1. The van der Waals surface area contributed by atoms with E-state index in [0.717, 1.165) is 17.7 Å². The van der Waals surface area contributed by atoms with Gasteiger partial charge in [-0.15, -0.1) is 0 Å². The minimum Gasteiger partial charge on any atom is -0.497 e. The summed E-state index contributed by atoms with van der Waals surface area (Å²) < 4.78 is 5.21. The highest BCUT2D eigenvalue weighted by Gasteiger charge is 2.04. The van der Waals surface area contributed by atoms with E-state index in [4.69, 9.17) is 4.74 Å². The molecular weight excluding hydrogens is 220 g/mol. The maximum Gasteiger partial charge on any atom is 0.119 e. The molecule has 0 fully saturated rings. The molecule has 0 spiro atoms. The van der Waals surface area contributed by atoms with Crippen molar-refractivity contribution in [1.82, 2.24) is 4.98 Å². The number of hydrogen-bond donors (Lipinski definition) is 1. The molecule has 3 nitrogen and oxygen atoms in total. The molecule has 0 atom stereocenters. The minimum absolute atomic E-state index is 0.674. The summed E-state index contributed by atoms with van der Waals surface area (Å²) in [6.45, 7) is 0.674. The van der Waals surface area contributed by atoms with Crippen LogP contribution in [0, 0.1) is 0 Å². The fraction of sp³-hybridized carbons (Fsp3) is 0.250. The molecule has 0 bridgehead atoms. The normalized spacial score (nSPS) is 10.1. The van der Waals surface area contributed by atoms with Gasteiger partial charge in [0.05, 0.1) is 18.8 Å². The Kier molecular flexibility index (Phi) is 3.34. The van der Waals surface area contributed by atoms with Crippen LogP contribution in [0.25, 0.3) is 10.9 Å². The van der Waals surface area contributed by atoms with Crippen molar-refractivity contribution in [1.29, 1.82) is 0 Å². The second-order valence-electron chi connectivity index (χ2n) is 3.45. The van der Waals surface area contributed by atoms with Gasteiger partial charge < -0.3 is 9.72 Å². The average molecular weight is 232 g/mol. The molecule has 2 rings (SSSR count). The number of aromatic amines is 1. The van der Waals surface area contributed by atoms with Crippen molar-refractivity contribution >= 4 is 28.3 Å². The Labute approximate surface area is 99.1 Å². The van der Waals surface area contributed by atoms with Crippen LogP contribution in [0.2, 0.25) is 0 Å². The number of isothiocyanates is 1. The lowest BCUT2D eigenvalue weighted by Gasteiger charge is -2.00. The van der Waals surface area contributed by atoms with Crippen LogP contribution in [-0.2, 0) is 6.42 Å². The molecule has 0 aliphatic heterocycles. The molecule has 0 saturated heterocycles. The molecular formula is C12H12N2OS. The van der Waals surface area contributed by atoms with Gasteiger partial charge in [0.25, 0.3) is 0 Å². The lowest BCUT2D eigenvalue weighted by atomic mass is 10.1. The van der Waals surface area contributed by atoms with E-state index in [1.165, 1.54) is 10.9 Å². The largest absolute Gasteiger partial charge is 0.497 e. The van der Waals surface area contributed by atoms with Crippen LogP contribution in [0.5, 0.6) is 5.75 Å². The van der Waals surface area contributed by atoms with Gasteiger partial charge in [-0.05, 0) is 42.4 Å². The van der Waals surface area contributed by atoms with Gasteiger partial charge in [0.1, 0.15) is 5.75 Å². The first-order chi connectivity index (χ1) is 7.85. The van der Waals surface area contributed by atoms with E-state index in [-0.39, 0.29) is 0 Å². The molecule has 2 aromatic rings. The summed E-state index contributed by atoms with van der Waals surface area (Å²) in [5, 5.41) is 3.55. The van der Waals surface area contributed by atoms with E-state index in [0.29, 0.717) is 6.54 Å². The van der Waals surface area contributed by atoms with Gasteiger partial charge in [-0.25, -0.2) is 4.99 Å². The molecule has 4 heteroatoms. The quantitative estimate of drug-likeness (QED) is 0.650. The standard InChI is InChI=1S/C12H12N2OS/c1-15-10-2-3-12-11(6-10)9(7-14-12)4-5-13-8-16/h2-3,6-7,14H,4-5H2,1H3. The van der Waals surface area contributed by atoms with Gasteiger partial charge in [-0.2, -0.15) is 0 Å². The minimum atomic E-state index is 0.674. The number of benzene rings is 1. The Morgan fingerprint density at radius 2 is 2.38 bits per heavy atom. The third-order valence-electron chi connectivity index (χ3n) is 2.53. The Morgan fingerprint density at radius 3 is 3.12 bits per heavy atom. The van der Waals surface area contributed by atoms with E-state index >= 15 is 0 Å². The SMILES string of the molecule is COc1ccc2[nH]cc(CCN=C=S)c2c1. The Balaban J connectivity index is 2.33. The maximum atomic E-state index is 5.21. The van der Waals surface area contributed by atoms with Crippen molar-refractivity contribution < 1.29 is 4.74 Å². The predicted molar refractivity (Wildman–Crippen MR) is 68.4 cm³/mol. The van der Waals surface area contributed by atoms with Crippen LogP contribution in [0.4, 0.5) is 0 Å². The van der Waals surface area contributed by atoms with Crippen molar-refractivity contribution in [3.05, 3.63) is 30.0 Å². The number of rotatable bonds is 4. The Morgan fingerprint density at radius 1 is 1.50 bits per heavy atom. The number of hydrogen-bond acceptors (Lipinski definition) is 3. The number of nitrogens with zero attached hydrogens (tertiary/aromatic N) is 1. The Bertz CT molecular complexity index is 541. The summed E-state index contributed by atoms with van der Waals surface area (Å²) in [7, 11) is 1.67. The van der Waals surface area contributed by atoms with Crippen LogP contribution in [0.3, 0.4) is 0 Å². The maximum absolute atomic E-state index is 5.21. The molecule has 0 amide bonds. The molecule has 1 aromatic carbocycles. The van der Waals surface area contributed by atoms with Crippen LogP contribution in [0.1, 0.15) is 5.56 Å². The summed E-state index contributed by atoms with van der Waals surface area (Å²) in [4.78, 5) is 7.14. The van der Waals surface area contributed by atoms with E-state index in [9.17, 15) is 0 Å². The van der Waals surface area contributed by atoms with Crippen LogP contribution >= 0.6 is 12.2 Å². The molecule has 1 N–H and O–H groups in total. The molecule has 16 heavy (non-hydrogen) atoms. The highest BCUT2D eigenvalue weighted by atomic mass is 32.1. The first-order valence-electron chi connectivity index (χ1n) is 5.03. The zero-order valence-electron chi connectivity index (χ0n) is 8.99. The molecule has 1 aromatic heterocycles. The predicted octanol–water partition coefficient (Wildman–Crippen LogP) is 2.82. The van der Waals surface area contributed by atoms with E-state index in [2.05, 4.69) is 27.4 Å². The molecule has 82 valence electrons. The second-order valence-corrected chi connectivity index (χ2v) is 3.63. The van der Waals surface area contributed by atoms with Crippen molar-refractivity contribution in [3.8, 4) is 5.75 Å². The average Bonchev–Trinajstić information content (AvgIpc) is 2.72. The third-order valence-corrected chi connectivity index (χ3v) is 2.66. The zero-order valence-corrected chi connectivity index (χ0v) is 9.80. The molecule has 1 heterocycles. The van der Waals surface area contributed by atoms with Crippen LogP contribution in [-0.4, -0.2) is 23.8 Å². The summed E-state index contributed by atoms with van der Waals surface area (Å²) in [5.41, 5.74) is 2.34. The van der Waals surface area contributed by atoms with Gasteiger partial charge in [0.2, 0.25) is 0 Å². The van der Waals surface area contributed by atoms with Gasteiger partial charge in [-0.3, -0.25) is 0 Å². The van der Waals surface area contributed by atoms with Gasteiger partial charge >= 0.3 is 0 Å². The fourth-order valence-corrected chi connectivity index (χ4v) is 1.80. The number of methoxy groups -OCH3 is 1. The van der Waals surface area contributed by atoms with Gasteiger partial charge in [0.15, 0.2) is 0 Å². The lowest BCUT2D eigenvalue weighted by molar-refractivity contribution is 0.415. The smallest absolute Gasteiger partial charge is 0.119 e. The summed E-state index contributed by atoms with van der Waals surface area (Å²) in [5.74, 6) is 0.867. The highest BCUT2D eigenvalue weighted by Crippen LogP contribution is 2.23. The number of thiocarbonyl (C=S) groups is 1. The highest BCUT2D eigenvalue weighted by molar-refractivity contribution is 7.78. The van der Waals surface area contributed by atoms with E-state index < -0.39 is 0 Å². The van der Waals surface area contributed by atoms with Gasteiger partial charge in [0, 0.05) is 17.1 Å². The van der Waals surface area contributed by atoms with Gasteiger partial charge in [-0.1, -0.05) is 0 Å². The number of ether oxygens (including phenoxy) is 1. The van der Waals surface area contributed by atoms with Crippen molar-refractivity contribution in [2.45, 2.75) is 6.42 Å². The van der Waals surface area contributed by atoms with Crippen molar-refractivity contribution in [2.75, 3.05) is 13.7 Å². The third kappa shape index (κ3) is 2.13. The molecule has 0 aliphatic rings. The zero-order chi connectivity index (χ0) is 11.4. The topological polar surface area (TPSA) is 37.4 Å². The number of aromatic nitrogens is 1. The van der Waals surface area contributed by atoms with Crippen molar-refractivity contribution in [2.24, 2.45) is 4.99 Å². The molecule has 0 aliphatic carbocycles. The molecule has 0 unspecified atom stereocenters. The lowest BCUT2D eigenvalue weighted by Crippen LogP contribution is -1.87. The van der Waals surface area contributed by atoms with E-state index in [1.807, 2.05) is 24.4 Å². The number of H-pyrrole nitrogens is 1. The van der Waals surface area contributed by atoms with Crippen molar-refractivity contribution in [3.63, 3.8) is 0 Å². The second kappa shape index (κ2) is 4.92. The summed E-state index contributed by atoms with van der Waals surface area (Å²) in [6, 6.07) is 5.99. The summed E-state index contributed by atoms with van der Waals surface area (Å²) >= 11 is 4.54. The van der Waals surface area contributed by atoms with Crippen LogP contribution in [0.15, 0.2) is 29.4 Å². The molecule has 0 saturated carbocycles. The number of fused-ring (bicyclic) bond motifs is 1. The molecule has 0 radical (unpaired) electrons. The Hall–Kier alpha value is -1.64. The fourth-order valence-electron chi connectivity index (χ4n) is 1.71. The first kappa shape index (κ1) is 10.9. The number of nitrogens with one attached hydrogen (secondary N) is 1. The summed E-state index contributed by atoms with van der Waals surface area (Å²) in [6.07, 6.45) is 2.86. The van der Waals surface area contributed by atoms with E-state index in [1.54, 1.807) is 7.11 Å². The van der Waals surface area contributed by atoms with Crippen LogP contribution < -0.4 is 4.74 Å². The first-order valence-corrected chi connectivity index (χ1v) is 5.43. The monoisotopic (exact) mass is 232 g/mol.